The van der Waals surface area contributed by atoms with E-state index in [0.717, 1.165) is 0 Å². The van der Waals surface area contributed by atoms with Gasteiger partial charge in [-0.25, -0.2) is 4.39 Å². The SMILES string of the molecule is CC[C@@H](Nc1nc(N[C@H]2CCOC2)nc(C2=C(F)C(O)CCC2)n1)C(F)(F)F. The Morgan fingerprint density at radius 3 is 2.61 bits per heavy atom. The van der Waals surface area contributed by atoms with Crippen LogP contribution >= 0.6 is 0 Å². The van der Waals surface area contributed by atoms with Crippen LogP contribution in [-0.4, -0.2) is 57.6 Å². The zero-order chi connectivity index (χ0) is 20.3. The maximum absolute atomic E-state index is 14.4. The van der Waals surface area contributed by atoms with Crippen molar-refractivity contribution in [2.45, 2.75) is 63.4 Å². The zero-order valence-electron chi connectivity index (χ0n) is 15.4. The van der Waals surface area contributed by atoms with E-state index in [2.05, 4.69) is 25.6 Å². The van der Waals surface area contributed by atoms with E-state index < -0.39 is 24.1 Å². The molecule has 3 rings (SSSR count). The Bertz CT molecular complexity index is 722. The molecule has 11 heteroatoms. The first-order valence-corrected chi connectivity index (χ1v) is 9.28. The van der Waals surface area contributed by atoms with Crippen molar-refractivity contribution in [2.75, 3.05) is 23.8 Å². The normalized spacial score (nSPS) is 24.4. The molecule has 3 N–H and O–H groups in total. The van der Waals surface area contributed by atoms with Gasteiger partial charge in [0.2, 0.25) is 11.9 Å². The van der Waals surface area contributed by atoms with E-state index in [9.17, 15) is 22.7 Å². The monoisotopic (exact) mass is 405 g/mol. The maximum Gasteiger partial charge on any atom is 0.408 e. The van der Waals surface area contributed by atoms with Gasteiger partial charge in [-0.2, -0.15) is 28.1 Å². The number of halogens is 4. The van der Waals surface area contributed by atoms with E-state index in [4.69, 9.17) is 4.74 Å². The van der Waals surface area contributed by atoms with Crippen molar-refractivity contribution < 1.29 is 27.4 Å². The van der Waals surface area contributed by atoms with Crippen molar-refractivity contribution >= 4 is 17.5 Å². The predicted molar refractivity (Wildman–Crippen MR) is 94.3 cm³/mol. The summed E-state index contributed by atoms with van der Waals surface area (Å²) in [4.78, 5) is 12.2. The summed E-state index contributed by atoms with van der Waals surface area (Å²) in [5, 5.41) is 15.0. The lowest BCUT2D eigenvalue weighted by molar-refractivity contribution is -0.143. The van der Waals surface area contributed by atoms with E-state index in [0.29, 0.717) is 26.1 Å². The average Bonchev–Trinajstić information content (AvgIpc) is 3.13. The topological polar surface area (TPSA) is 92.2 Å². The fraction of sp³-hybridized carbons (Fsp3) is 0.706. The smallest absolute Gasteiger partial charge is 0.386 e. The van der Waals surface area contributed by atoms with E-state index in [-0.39, 0.29) is 48.6 Å². The highest BCUT2D eigenvalue weighted by atomic mass is 19.4. The number of hydrogen-bond donors (Lipinski definition) is 3. The van der Waals surface area contributed by atoms with Crippen molar-refractivity contribution in [2.24, 2.45) is 0 Å². The summed E-state index contributed by atoms with van der Waals surface area (Å²) >= 11 is 0. The number of nitrogens with one attached hydrogen (secondary N) is 2. The van der Waals surface area contributed by atoms with Crippen molar-refractivity contribution in [3.05, 3.63) is 11.7 Å². The third-order valence-corrected chi connectivity index (χ3v) is 4.76. The molecule has 1 aliphatic heterocycles. The van der Waals surface area contributed by atoms with Gasteiger partial charge >= 0.3 is 6.18 Å². The Hall–Kier alpha value is -2.01. The summed E-state index contributed by atoms with van der Waals surface area (Å²) in [6.45, 7) is 2.36. The highest BCUT2D eigenvalue weighted by Crippen LogP contribution is 2.33. The molecule has 28 heavy (non-hydrogen) atoms. The molecule has 0 saturated carbocycles. The maximum atomic E-state index is 14.4. The second-order valence-corrected chi connectivity index (χ2v) is 6.89. The van der Waals surface area contributed by atoms with Crippen LogP contribution in [0.1, 0.15) is 44.9 Å². The second-order valence-electron chi connectivity index (χ2n) is 6.89. The predicted octanol–water partition coefficient (Wildman–Crippen LogP) is 3.05. The van der Waals surface area contributed by atoms with Crippen molar-refractivity contribution in [1.82, 2.24) is 15.0 Å². The van der Waals surface area contributed by atoms with Crippen LogP contribution < -0.4 is 10.6 Å². The lowest BCUT2D eigenvalue weighted by Gasteiger charge is -2.22. The first-order valence-electron chi connectivity index (χ1n) is 9.28. The second kappa shape index (κ2) is 8.56. The summed E-state index contributed by atoms with van der Waals surface area (Å²) in [6.07, 6.45) is -4.18. The molecule has 2 aliphatic rings. The van der Waals surface area contributed by atoms with Gasteiger partial charge in [0.25, 0.3) is 0 Å². The fourth-order valence-corrected chi connectivity index (χ4v) is 3.18. The van der Waals surface area contributed by atoms with Gasteiger partial charge in [-0.05, 0) is 32.1 Å². The van der Waals surface area contributed by atoms with Gasteiger partial charge < -0.3 is 20.5 Å². The molecule has 156 valence electrons. The number of ether oxygens (including phenoxy) is 1. The quantitative estimate of drug-likeness (QED) is 0.627. The van der Waals surface area contributed by atoms with Crippen molar-refractivity contribution in [1.29, 1.82) is 0 Å². The number of aromatic nitrogens is 3. The van der Waals surface area contributed by atoms with Gasteiger partial charge in [0.15, 0.2) is 5.82 Å². The van der Waals surface area contributed by atoms with Gasteiger partial charge in [0.05, 0.1) is 12.6 Å². The molecule has 1 aliphatic carbocycles. The molecular formula is C17H23F4N5O2. The highest BCUT2D eigenvalue weighted by Gasteiger charge is 2.39. The molecule has 7 nitrogen and oxygen atoms in total. The van der Waals surface area contributed by atoms with E-state index >= 15 is 0 Å². The van der Waals surface area contributed by atoms with E-state index in [1.165, 1.54) is 6.92 Å². The van der Waals surface area contributed by atoms with Crippen LogP contribution in [0.15, 0.2) is 5.83 Å². The molecule has 0 aromatic carbocycles. The molecule has 0 bridgehead atoms. The minimum atomic E-state index is -4.49. The number of nitrogens with zero attached hydrogens (tertiary/aromatic N) is 3. The molecule has 1 saturated heterocycles. The van der Waals surface area contributed by atoms with Crippen LogP contribution in [-0.2, 0) is 4.74 Å². The summed E-state index contributed by atoms with van der Waals surface area (Å²) in [6, 6.07) is -1.94. The number of hydrogen-bond acceptors (Lipinski definition) is 7. The Balaban J connectivity index is 1.95. The first kappa shape index (κ1) is 20.7. The minimum Gasteiger partial charge on any atom is -0.386 e. The molecular weight excluding hydrogens is 382 g/mol. The number of anilines is 2. The fourth-order valence-electron chi connectivity index (χ4n) is 3.18. The van der Waals surface area contributed by atoms with Crippen LogP contribution in [0, 0.1) is 0 Å². The molecule has 0 amide bonds. The first-order chi connectivity index (χ1) is 13.3. The van der Waals surface area contributed by atoms with Crippen LogP contribution in [0.4, 0.5) is 29.5 Å². The number of alkyl halides is 3. The van der Waals surface area contributed by atoms with Gasteiger partial charge in [-0.15, -0.1) is 0 Å². The molecule has 0 radical (unpaired) electrons. The molecule has 2 heterocycles. The van der Waals surface area contributed by atoms with Crippen LogP contribution in [0.25, 0.3) is 5.57 Å². The molecule has 1 aromatic rings. The third kappa shape index (κ3) is 4.88. The van der Waals surface area contributed by atoms with E-state index in [1.807, 2.05) is 0 Å². The summed E-state index contributed by atoms with van der Waals surface area (Å²) in [5.41, 5.74) is 0.0926. The Morgan fingerprint density at radius 1 is 1.21 bits per heavy atom. The average molecular weight is 405 g/mol. The van der Waals surface area contributed by atoms with Crippen molar-refractivity contribution in [3.8, 4) is 0 Å². The van der Waals surface area contributed by atoms with Gasteiger partial charge in [0.1, 0.15) is 18.0 Å². The summed E-state index contributed by atoms with van der Waals surface area (Å²) in [5.74, 6) is -1.08. The Kier molecular flexibility index (Phi) is 6.33. The van der Waals surface area contributed by atoms with Crippen molar-refractivity contribution in [3.63, 3.8) is 0 Å². The molecule has 0 spiro atoms. The third-order valence-electron chi connectivity index (χ3n) is 4.76. The van der Waals surface area contributed by atoms with Crippen LogP contribution in [0.3, 0.4) is 0 Å². The Labute approximate surface area is 159 Å². The lowest BCUT2D eigenvalue weighted by Crippen LogP contribution is -2.36. The van der Waals surface area contributed by atoms with Gasteiger partial charge in [-0.1, -0.05) is 6.92 Å². The van der Waals surface area contributed by atoms with Crippen LogP contribution in [0.5, 0.6) is 0 Å². The molecule has 3 atom stereocenters. The zero-order valence-corrected chi connectivity index (χ0v) is 15.4. The van der Waals surface area contributed by atoms with Crippen LogP contribution in [0.2, 0.25) is 0 Å². The van der Waals surface area contributed by atoms with Gasteiger partial charge in [-0.3, -0.25) is 0 Å². The number of rotatable bonds is 6. The summed E-state index contributed by atoms with van der Waals surface area (Å²) in [7, 11) is 0. The number of allylic oxidation sites excluding steroid dienone is 1. The molecule has 1 aromatic heterocycles. The molecule has 1 unspecified atom stereocenters. The number of aliphatic hydroxyl groups excluding tert-OH is 1. The standard InChI is InChI=1S/C17H23F4N5O2/c1-2-12(17(19,20)21)23-16-25-14(10-4-3-5-11(27)13(10)18)24-15(26-16)22-9-6-7-28-8-9/h9,11-12,27H,2-8H2,1H3,(H2,22,23,24,25,26)/t9-,11?,12+/m0/s1. The largest absolute Gasteiger partial charge is 0.408 e. The number of aliphatic hydroxyl groups is 1. The van der Waals surface area contributed by atoms with Gasteiger partial charge in [0, 0.05) is 12.2 Å². The minimum absolute atomic E-state index is 0.0420. The molecule has 1 fully saturated rings. The highest BCUT2D eigenvalue weighted by molar-refractivity contribution is 5.65. The lowest BCUT2D eigenvalue weighted by atomic mass is 9.96. The Morgan fingerprint density at radius 2 is 1.96 bits per heavy atom. The van der Waals surface area contributed by atoms with E-state index in [1.54, 1.807) is 0 Å². The summed E-state index contributed by atoms with van der Waals surface area (Å²) < 4.78 is 59.1.